The van der Waals surface area contributed by atoms with E-state index in [1.165, 1.54) is 13.8 Å². The molecule has 4 aliphatic rings. The number of fused-ring (bicyclic) bond motifs is 5. The average Bonchev–Trinajstić information content (AvgIpc) is 3.16. The maximum Gasteiger partial charge on any atom is 0.306 e. The molecule has 0 amide bonds. The number of esters is 2. The molecule has 0 aromatic rings. The normalized spacial score (nSPS) is 39.5. The van der Waals surface area contributed by atoms with Gasteiger partial charge in [-0.3, -0.25) is 14.4 Å². The Hall–Kier alpha value is -2.32. The number of carbonyl (C=O) groups is 4. The van der Waals surface area contributed by atoms with E-state index in [-0.39, 0.29) is 44.0 Å². The van der Waals surface area contributed by atoms with Crippen LogP contribution in [-0.2, 0) is 28.7 Å². The van der Waals surface area contributed by atoms with E-state index >= 15 is 0 Å². The summed E-state index contributed by atoms with van der Waals surface area (Å²) in [6, 6.07) is 0. The number of carbonyl (C=O) groups excluding carboxylic acids is 4. The molecule has 0 aromatic carbocycles. The quantitative estimate of drug-likeness (QED) is 0.443. The fourth-order valence-electron chi connectivity index (χ4n) is 6.94. The lowest BCUT2D eigenvalue weighted by atomic mass is 9.64. The van der Waals surface area contributed by atoms with Crippen LogP contribution in [0.25, 0.3) is 0 Å². The Balaban J connectivity index is 1.73. The maximum atomic E-state index is 13.0. The predicted molar refractivity (Wildman–Crippen MR) is 120 cm³/mol. The first-order chi connectivity index (χ1) is 15.7. The molecule has 0 unspecified atom stereocenters. The highest BCUT2D eigenvalue weighted by atomic mass is 16.6. The summed E-state index contributed by atoms with van der Waals surface area (Å²) in [7, 11) is 0. The van der Waals surface area contributed by atoms with Crippen LogP contribution in [0.2, 0.25) is 0 Å². The van der Waals surface area contributed by atoms with E-state index < -0.39 is 51.8 Å². The van der Waals surface area contributed by atoms with E-state index in [1.807, 2.05) is 19.9 Å². The van der Waals surface area contributed by atoms with E-state index in [2.05, 4.69) is 0 Å². The number of aliphatic hydroxyl groups is 2. The zero-order valence-electron chi connectivity index (χ0n) is 20.5. The zero-order valence-corrected chi connectivity index (χ0v) is 20.5. The molecule has 34 heavy (non-hydrogen) atoms. The third kappa shape index (κ3) is 3.49. The van der Waals surface area contributed by atoms with Crippen molar-refractivity contribution in [2.24, 2.45) is 23.2 Å². The molecule has 0 bridgehead atoms. The summed E-state index contributed by atoms with van der Waals surface area (Å²) in [4.78, 5) is 48.4. The highest BCUT2D eigenvalue weighted by Gasteiger charge is 2.81. The van der Waals surface area contributed by atoms with Gasteiger partial charge in [-0.15, -0.1) is 0 Å². The Bertz CT molecular complexity index is 1020. The second-order valence-electron chi connectivity index (χ2n) is 11.1. The number of rotatable bonds is 6. The van der Waals surface area contributed by atoms with Gasteiger partial charge in [-0.1, -0.05) is 26.0 Å². The van der Waals surface area contributed by atoms with E-state index in [0.29, 0.717) is 17.6 Å². The first-order valence-corrected chi connectivity index (χ1v) is 11.9. The lowest BCUT2D eigenvalue weighted by Gasteiger charge is -2.46. The fourth-order valence-corrected chi connectivity index (χ4v) is 6.94. The monoisotopic (exact) mass is 474 g/mol. The van der Waals surface area contributed by atoms with E-state index in [4.69, 9.17) is 9.47 Å². The van der Waals surface area contributed by atoms with E-state index in [9.17, 15) is 29.4 Å². The molecular weight excluding hydrogens is 440 g/mol. The van der Waals surface area contributed by atoms with Gasteiger partial charge in [-0.2, -0.15) is 0 Å². The molecule has 4 rings (SSSR count). The minimum atomic E-state index is -1.82. The lowest BCUT2D eigenvalue weighted by molar-refractivity contribution is -0.172. The fraction of sp³-hybridized carbons (Fsp3) is 0.692. The minimum Gasteiger partial charge on any atom is -0.461 e. The summed E-state index contributed by atoms with van der Waals surface area (Å²) < 4.78 is 11.2. The van der Waals surface area contributed by atoms with E-state index in [1.54, 1.807) is 13.0 Å². The molecule has 2 saturated carbocycles. The third-order valence-corrected chi connectivity index (χ3v) is 8.69. The van der Waals surface area contributed by atoms with Crippen LogP contribution in [0.5, 0.6) is 0 Å². The molecule has 0 heterocycles. The molecular formula is C26H34O8. The van der Waals surface area contributed by atoms with Crippen molar-refractivity contribution < 1.29 is 38.9 Å². The van der Waals surface area contributed by atoms with Crippen molar-refractivity contribution in [1.29, 1.82) is 0 Å². The highest BCUT2D eigenvalue weighted by Crippen LogP contribution is 2.75. The predicted octanol–water partition coefficient (Wildman–Crippen LogP) is 2.20. The molecule has 2 N–H and O–H groups in total. The Morgan fingerprint density at radius 2 is 1.76 bits per heavy atom. The van der Waals surface area contributed by atoms with Gasteiger partial charge >= 0.3 is 11.9 Å². The van der Waals surface area contributed by atoms with Crippen molar-refractivity contribution >= 4 is 23.5 Å². The zero-order chi connectivity index (χ0) is 25.3. The Kier molecular flexibility index (Phi) is 5.72. The van der Waals surface area contributed by atoms with Gasteiger partial charge < -0.3 is 24.5 Å². The Morgan fingerprint density at radius 3 is 2.38 bits per heavy atom. The van der Waals surface area contributed by atoms with E-state index in [0.717, 1.165) is 0 Å². The summed E-state index contributed by atoms with van der Waals surface area (Å²) in [6.07, 6.45) is 4.16. The van der Waals surface area contributed by atoms with Gasteiger partial charge in [0.1, 0.15) is 23.6 Å². The average molecular weight is 475 g/mol. The lowest BCUT2D eigenvalue weighted by Crippen LogP contribution is -2.57. The van der Waals surface area contributed by atoms with Crippen LogP contribution >= 0.6 is 0 Å². The molecule has 0 aromatic heterocycles. The van der Waals surface area contributed by atoms with Gasteiger partial charge in [0.05, 0.1) is 12.0 Å². The molecule has 0 radical (unpaired) electrons. The van der Waals surface area contributed by atoms with Gasteiger partial charge in [0.25, 0.3) is 0 Å². The molecule has 6 atom stereocenters. The molecule has 0 aliphatic heterocycles. The van der Waals surface area contributed by atoms with Crippen LogP contribution in [0.15, 0.2) is 23.3 Å². The summed E-state index contributed by atoms with van der Waals surface area (Å²) in [5, 5.41) is 23.7. The molecule has 2 fully saturated rings. The largest absolute Gasteiger partial charge is 0.461 e. The van der Waals surface area contributed by atoms with Gasteiger partial charge in [-0.05, 0) is 37.8 Å². The summed E-state index contributed by atoms with van der Waals surface area (Å²) >= 11 is 0. The molecule has 8 heteroatoms. The van der Waals surface area contributed by atoms with Crippen LogP contribution in [0, 0.1) is 23.2 Å². The molecule has 0 saturated heterocycles. The summed E-state index contributed by atoms with van der Waals surface area (Å²) in [5.74, 6) is -3.07. The van der Waals surface area contributed by atoms with Crippen molar-refractivity contribution in [2.45, 2.75) is 83.5 Å². The summed E-state index contributed by atoms with van der Waals surface area (Å²) in [6.45, 7) is 8.22. The van der Waals surface area contributed by atoms with Crippen LogP contribution in [0.4, 0.5) is 0 Å². The van der Waals surface area contributed by atoms with Crippen molar-refractivity contribution in [1.82, 2.24) is 0 Å². The van der Waals surface area contributed by atoms with Gasteiger partial charge in [-0.25, -0.2) is 0 Å². The van der Waals surface area contributed by atoms with Crippen LogP contribution < -0.4 is 0 Å². The minimum absolute atomic E-state index is 0.00116. The molecule has 0 spiro atoms. The third-order valence-electron chi connectivity index (χ3n) is 8.69. The van der Waals surface area contributed by atoms with Crippen molar-refractivity contribution in [2.75, 3.05) is 6.61 Å². The van der Waals surface area contributed by atoms with Gasteiger partial charge in [0.15, 0.2) is 5.78 Å². The second kappa shape index (κ2) is 7.85. The first-order valence-electron chi connectivity index (χ1n) is 11.9. The number of Topliss-reactive ketones (excluding diaryl/α,β-unsaturated/α-hetero) is 2. The van der Waals surface area contributed by atoms with Crippen LogP contribution in [-0.4, -0.2) is 57.1 Å². The number of ketones is 2. The number of ether oxygens (including phenoxy) is 2. The van der Waals surface area contributed by atoms with Gasteiger partial charge in [0.2, 0.25) is 0 Å². The number of hydrogen-bond donors (Lipinski definition) is 2. The van der Waals surface area contributed by atoms with Crippen molar-refractivity contribution in [3.05, 3.63) is 23.3 Å². The topological polar surface area (TPSA) is 127 Å². The molecule has 4 aliphatic carbocycles. The second-order valence-corrected chi connectivity index (χ2v) is 11.1. The van der Waals surface area contributed by atoms with Crippen molar-refractivity contribution in [3.63, 3.8) is 0 Å². The number of hydrogen-bond acceptors (Lipinski definition) is 8. The van der Waals surface area contributed by atoms with Crippen molar-refractivity contribution in [3.8, 4) is 0 Å². The molecule has 186 valence electrons. The maximum absolute atomic E-state index is 13.0. The highest BCUT2D eigenvalue weighted by molar-refractivity contribution is 6.04. The first kappa shape index (κ1) is 24.8. The standard InChI is InChI=1S/C26H34O8/c1-14-10-19-24(31)8-9-26(34-20(29)7-6-15(2)27)21(23(26,4)5)18(24)11-17(13-33-16(3)28)12-25(19,32)22(14)30/h10-11,18-19,21,31-32H,6-9,12-13H2,1-5H3/t18-,19-,21+,24+,25+,26-/m0/s1. The van der Waals surface area contributed by atoms with Crippen LogP contribution in [0.1, 0.15) is 66.7 Å². The molecule has 8 nitrogen and oxygen atoms in total. The SMILES string of the molecule is CC(=O)CCC(=O)O[C@@]12CC[C@@]3(O)[C@@H](C=C(COC(C)=O)C[C@]4(O)C(=O)C(C)=C[C@@H]34)[C@@H]1C2(C)C. The Labute approximate surface area is 199 Å². The Morgan fingerprint density at radius 1 is 1.09 bits per heavy atom. The summed E-state index contributed by atoms with van der Waals surface area (Å²) in [5.41, 5.74) is -3.59. The van der Waals surface area contributed by atoms with Crippen LogP contribution in [0.3, 0.4) is 0 Å². The van der Waals surface area contributed by atoms with Gasteiger partial charge in [0, 0.05) is 42.9 Å². The smallest absolute Gasteiger partial charge is 0.306 e.